The Labute approximate surface area is 138 Å². The van der Waals surface area contributed by atoms with Crippen molar-refractivity contribution >= 4 is 33.6 Å². The monoisotopic (exact) mass is 361 g/mol. The normalized spacial score (nSPS) is 19.3. The van der Waals surface area contributed by atoms with E-state index in [0.29, 0.717) is 12.8 Å². The molecule has 0 aliphatic carbocycles. The van der Waals surface area contributed by atoms with Crippen LogP contribution in [0.2, 0.25) is 5.02 Å². The highest BCUT2D eigenvalue weighted by atomic mass is 35.5. The molecule has 2 rings (SSSR count). The molecule has 1 heterocycles. The van der Waals surface area contributed by atoms with Gasteiger partial charge in [0, 0.05) is 18.1 Å². The number of sulfonamides is 1. The Kier molecular flexibility index (Phi) is 5.28. The average molecular weight is 362 g/mol. The molecule has 1 aromatic rings. The topological polar surface area (TPSA) is 101 Å². The molecule has 1 aromatic carbocycles. The summed E-state index contributed by atoms with van der Waals surface area (Å²) in [5.41, 5.74) is -0.130. The van der Waals surface area contributed by atoms with Crippen molar-refractivity contribution in [3.63, 3.8) is 0 Å². The van der Waals surface area contributed by atoms with E-state index in [-0.39, 0.29) is 28.6 Å². The predicted molar refractivity (Wildman–Crippen MR) is 81.9 cm³/mol. The summed E-state index contributed by atoms with van der Waals surface area (Å²) >= 11 is 5.86. The summed E-state index contributed by atoms with van der Waals surface area (Å²) < 4.78 is 31.3. The van der Waals surface area contributed by atoms with Crippen LogP contribution in [0.15, 0.2) is 23.1 Å². The molecule has 126 valence electrons. The average Bonchev–Trinajstić information content (AvgIpc) is 2.54. The maximum absolute atomic E-state index is 12.8. The van der Waals surface area contributed by atoms with Crippen LogP contribution in [0.25, 0.3) is 0 Å². The Hall–Kier alpha value is -1.64. The zero-order valence-corrected chi connectivity index (χ0v) is 13.9. The molecule has 0 amide bonds. The number of benzene rings is 1. The van der Waals surface area contributed by atoms with Gasteiger partial charge in [0.15, 0.2) is 0 Å². The van der Waals surface area contributed by atoms with Crippen molar-refractivity contribution in [3.8, 4) is 0 Å². The summed E-state index contributed by atoms with van der Waals surface area (Å²) in [6, 6.07) is 3.84. The van der Waals surface area contributed by atoms with Gasteiger partial charge in [-0.05, 0) is 31.0 Å². The fourth-order valence-corrected chi connectivity index (χ4v) is 4.46. The van der Waals surface area contributed by atoms with E-state index in [1.54, 1.807) is 0 Å². The molecule has 23 heavy (non-hydrogen) atoms. The first kappa shape index (κ1) is 17.7. The Bertz CT molecular complexity index is 733. The molecule has 1 saturated heterocycles. The molecule has 0 bridgehead atoms. The van der Waals surface area contributed by atoms with Crippen molar-refractivity contribution < 1.29 is 27.9 Å². The quantitative estimate of drug-likeness (QED) is 0.817. The lowest BCUT2D eigenvalue weighted by molar-refractivity contribution is -0.142. The van der Waals surface area contributed by atoms with Gasteiger partial charge in [0.05, 0.1) is 23.5 Å². The molecule has 0 saturated carbocycles. The molecule has 1 atom stereocenters. The Balaban J connectivity index is 2.45. The summed E-state index contributed by atoms with van der Waals surface area (Å²) in [4.78, 5) is 22.7. The second kappa shape index (κ2) is 6.86. The molecular weight excluding hydrogens is 346 g/mol. The summed E-state index contributed by atoms with van der Waals surface area (Å²) in [5, 5.41) is 9.26. The highest BCUT2D eigenvalue weighted by molar-refractivity contribution is 7.89. The maximum Gasteiger partial charge on any atom is 0.339 e. The first-order chi connectivity index (χ1) is 10.8. The molecule has 1 aliphatic heterocycles. The number of carboxylic acids is 1. The summed E-state index contributed by atoms with van der Waals surface area (Å²) in [5.74, 6) is -2.60. The lowest BCUT2D eigenvalue weighted by Gasteiger charge is -2.30. The first-order valence-corrected chi connectivity index (χ1v) is 8.70. The number of methoxy groups -OCH3 is 1. The van der Waals surface area contributed by atoms with E-state index < -0.39 is 27.9 Å². The number of carbonyl (C=O) groups excluding carboxylic acids is 1. The van der Waals surface area contributed by atoms with Crippen molar-refractivity contribution in [2.75, 3.05) is 20.2 Å². The number of hydrogen-bond donors (Lipinski definition) is 1. The zero-order chi connectivity index (χ0) is 17.2. The van der Waals surface area contributed by atoms with E-state index in [0.717, 1.165) is 11.4 Å². The highest BCUT2D eigenvalue weighted by Crippen LogP contribution is 2.28. The van der Waals surface area contributed by atoms with E-state index in [1.807, 2.05) is 0 Å². The molecule has 1 unspecified atom stereocenters. The van der Waals surface area contributed by atoms with Crippen molar-refractivity contribution in [3.05, 3.63) is 28.8 Å². The molecule has 0 radical (unpaired) electrons. The largest absolute Gasteiger partial charge is 0.481 e. The van der Waals surface area contributed by atoms with Gasteiger partial charge in [0.25, 0.3) is 0 Å². The second-order valence-electron chi connectivity index (χ2n) is 5.17. The lowest BCUT2D eigenvalue weighted by Crippen LogP contribution is -2.42. The Morgan fingerprint density at radius 3 is 2.70 bits per heavy atom. The van der Waals surface area contributed by atoms with Crippen LogP contribution < -0.4 is 0 Å². The summed E-state index contributed by atoms with van der Waals surface area (Å²) in [7, 11) is -2.90. The molecule has 9 heteroatoms. The molecule has 1 fully saturated rings. The fraction of sp³-hybridized carbons (Fsp3) is 0.429. The number of piperidine rings is 1. The number of esters is 1. The standard InChI is InChI=1S/C14H16ClNO6S/c1-22-14(19)11-5-4-10(15)7-12(11)23(20,21)16-6-2-3-9(8-16)13(17)18/h4-5,7,9H,2-3,6,8H2,1H3,(H,17,18). The first-order valence-electron chi connectivity index (χ1n) is 6.88. The van der Waals surface area contributed by atoms with E-state index in [1.165, 1.54) is 18.2 Å². The highest BCUT2D eigenvalue weighted by Gasteiger charge is 2.35. The third-order valence-corrected chi connectivity index (χ3v) is 5.84. The number of rotatable bonds is 4. The summed E-state index contributed by atoms with van der Waals surface area (Å²) in [6.07, 6.45) is 0.852. The minimum atomic E-state index is -4.05. The lowest BCUT2D eigenvalue weighted by atomic mass is 10.0. The van der Waals surface area contributed by atoms with Crippen LogP contribution in [0.1, 0.15) is 23.2 Å². The zero-order valence-electron chi connectivity index (χ0n) is 12.4. The minimum absolute atomic E-state index is 0.130. The Morgan fingerprint density at radius 2 is 2.09 bits per heavy atom. The fourth-order valence-electron chi connectivity index (χ4n) is 2.49. The van der Waals surface area contributed by atoms with Crippen molar-refractivity contribution in [2.24, 2.45) is 5.92 Å². The van der Waals surface area contributed by atoms with E-state index >= 15 is 0 Å². The van der Waals surface area contributed by atoms with Gasteiger partial charge in [0.2, 0.25) is 10.0 Å². The predicted octanol–water partition coefficient (Wildman–Crippen LogP) is 1.61. The smallest absolute Gasteiger partial charge is 0.339 e. The van der Waals surface area contributed by atoms with Gasteiger partial charge < -0.3 is 9.84 Å². The number of aliphatic carboxylic acids is 1. The van der Waals surface area contributed by atoms with Gasteiger partial charge in [-0.1, -0.05) is 11.6 Å². The van der Waals surface area contributed by atoms with Crippen LogP contribution in [0, 0.1) is 5.92 Å². The molecule has 1 aliphatic rings. The number of ether oxygens (including phenoxy) is 1. The molecule has 0 spiro atoms. The van der Waals surface area contributed by atoms with Gasteiger partial charge in [-0.25, -0.2) is 13.2 Å². The van der Waals surface area contributed by atoms with Gasteiger partial charge in [-0.2, -0.15) is 4.31 Å². The molecule has 7 nitrogen and oxygen atoms in total. The van der Waals surface area contributed by atoms with E-state index in [9.17, 15) is 18.0 Å². The number of halogens is 1. The third-order valence-electron chi connectivity index (χ3n) is 3.70. The number of hydrogen-bond acceptors (Lipinski definition) is 5. The second-order valence-corrected chi connectivity index (χ2v) is 7.52. The number of nitrogens with zero attached hydrogens (tertiary/aromatic N) is 1. The molecular formula is C14H16ClNO6S. The van der Waals surface area contributed by atoms with Crippen LogP contribution in [0.5, 0.6) is 0 Å². The number of carboxylic acid groups (broad SMARTS) is 1. The van der Waals surface area contributed by atoms with Crippen LogP contribution >= 0.6 is 11.6 Å². The molecule has 0 aromatic heterocycles. The minimum Gasteiger partial charge on any atom is -0.481 e. The van der Waals surface area contributed by atoms with Crippen LogP contribution in [0.3, 0.4) is 0 Å². The maximum atomic E-state index is 12.8. The van der Waals surface area contributed by atoms with Crippen LogP contribution in [-0.4, -0.2) is 50.0 Å². The van der Waals surface area contributed by atoms with Gasteiger partial charge in [-0.3, -0.25) is 4.79 Å². The van der Waals surface area contributed by atoms with Crippen molar-refractivity contribution in [1.29, 1.82) is 0 Å². The van der Waals surface area contributed by atoms with Crippen molar-refractivity contribution in [1.82, 2.24) is 4.31 Å². The van der Waals surface area contributed by atoms with E-state index in [4.69, 9.17) is 16.7 Å². The third kappa shape index (κ3) is 3.65. The van der Waals surface area contributed by atoms with Gasteiger partial charge >= 0.3 is 11.9 Å². The Morgan fingerprint density at radius 1 is 1.39 bits per heavy atom. The van der Waals surface area contributed by atoms with Gasteiger partial charge in [-0.15, -0.1) is 0 Å². The van der Waals surface area contributed by atoms with E-state index in [2.05, 4.69) is 4.74 Å². The summed E-state index contributed by atoms with van der Waals surface area (Å²) in [6.45, 7) is 0.0596. The van der Waals surface area contributed by atoms with Crippen molar-refractivity contribution in [2.45, 2.75) is 17.7 Å². The molecule has 1 N–H and O–H groups in total. The van der Waals surface area contributed by atoms with Crippen LogP contribution in [0.4, 0.5) is 0 Å². The number of carbonyl (C=O) groups is 2. The SMILES string of the molecule is COC(=O)c1ccc(Cl)cc1S(=O)(=O)N1CCCC(C(=O)O)C1. The van der Waals surface area contributed by atoms with Crippen LogP contribution in [-0.2, 0) is 19.6 Å². The van der Waals surface area contributed by atoms with Gasteiger partial charge in [0.1, 0.15) is 0 Å².